The summed E-state index contributed by atoms with van der Waals surface area (Å²) in [6.45, 7) is 6.26. The van der Waals surface area contributed by atoms with E-state index in [2.05, 4.69) is 13.8 Å². The SMILES string of the molecule is CCCCC(C)(CC)OC(=O)Cc1ccccc1. The van der Waals surface area contributed by atoms with E-state index in [1.54, 1.807) is 0 Å². The zero-order valence-electron chi connectivity index (χ0n) is 11.7. The van der Waals surface area contributed by atoms with Gasteiger partial charge in [-0.1, -0.05) is 50.6 Å². The molecule has 0 radical (unpaired) electrons. The van der Waals surface area contributed by atoms with Gasteiger partial charge in [0, 0.05) is 0 Å². The first-order valence-corrected chi connectivity index (χ1v) is 6.85. The molecule has 0 bridgehead atoms. The molecule has 0 saturated heterocycles. The lowest BCUT2D eigenvalue weighted by molar-refractivity contribution is -0.158. The number of hydrogen-bond donors (Lipinski definition) is 0. The fourth-order valence-electron chi connectivity index (χ4n) is 1.92. The molecule has 2 nitrogen and oxygen atoms in total. The van der Waals surface area contributed by atoms with Crippen molar-refractivity contribution in [3.63, 3.8) is 0 Å². The van der Waals surface area contributed by atoms with Crippen LogP contribution >= 0.6 is 0 Å². The van der Waals surface area contributed by atoms with Crippen LogP contribution in [0, 0.1) is 0 Å². The van der Waals surface area contributed by atoms with Crippen molar-refractivity contribution in [3.8, 4) is 0 Å². The van der Waals surface area contributed by atoms with E-state index in [-0.39, 0.29) is 11.6 Å². The summed E-state index contributed by atoms with van der Waals surface area (Å²) in [6.07, 6.45) is 4.41. The molecule has 0 amide bonds. The fourth-order valence-corrected chi connectivity index (χ4v) is 1.92. The Kier molecular flexibility index (Phi) is 5.90. The lowest BCUT2D eigenvalue weighted by atomic mass is 9.96. The molecule has 1 aromatic rings. The smallest absolute Gasteiger partial charge is 0.310 e. The van der Waals surface area contributed by atoms with E-state index in [0.29, 0.717) is 6.42 Å². The summed E-state index contributed by atoms with van der Waals surface area (Å²) in [5.74, 6) is -0.123. The molecule has 0 aliphatic carbocycles. The summed E-state index contributed by atoms with van der Waals surface area (Å²) >= 11 is 0. The van der Waals surface area contributed by atoms with Gasteiger partial charge in [0.2, 0.25) is 0 Å². The molecular formula is C16H24O2. The van der Waals surface area contributed by atoms with Gasteiger partial charge in [-0.25, -0.2) is 0 Å². The van der Waals surface area contributed by atoms with Crippen LogP contribution in [-0.2, 0) is 16.0 Å². The molecule has 1 aromatic carbocycles. The Balaban J connectivity index is 2.52. The summed E-state index contributed by atoms with van der Waals surface area (Å²) < 4.78 is 5.65. The molecule has 0 aliphatic heterocycles. The molecule has 0 N–H and O–H groups in total. The van der Waals surface area contributed by atoms with Gasteiger partial charge < -0.3 is 4.74 Å². The Bertz CT molecular complexity index is 359. The molecule has 0 fully saturated rings. The van der Waals surface area contributed by atoms with E-state index >= 15 is 0 Å². The maximum atomic E-state index is 11.9. The number of unbranched alkanes of at least 4 members (excludes halogenated alkanes) is 1. The van der Waals surface area contributed by atoms with E-state index < -0.39 is 0 Å². The van der Waals surface area contributed by atoms with Gasteiger partial charge in [-0.2, -0.15) is 0 Å². The van der Waals surface area contributed by atoms with Gasteiger partial charge in [0.05, 0.1) is 6.42 Å². The predicted octanol–water partition coefficient (Wildman–Crippen LogP) is 4.13. The molecule has 100 valence electrons. The number of carbonyl (C=O) groups excluding carboxylic acids is 1. The summed E-state index contributed by atoms with van der Waals surface area (Å²) in [5, 5.41) is 0. The third-order valence-electron chi connectivity index (χ3n) is 3.36. The van der Waals surface area contributed by atoms with Crippen LogP contribution in [0.5, 0.6) is 0 Å². The molecule has 1 atom stereocenters. The van der Waals surface area contributed by atoms with Crippen molar-refractivity contribution in [3.05, 3.63) is 35.9 Å². The summed E-state index contributed by atoms with van der Waals surface area (Å²) in [6, 6.07) is 9.75. The van der Waals surface area contributed by atoms with Crippen LogP contribution in [0.3, 0.4) is 0 Å². The lowest BCUT2D eigenvalue weighted by Crippen LogP contribution is -2.31. The molecular weight excluding hydrogens is 224 g/mol. The van der Waals surface area contributed by atoms with Gasteiger partial charge >= 0.3 is 5.97 Å². The van der Waals surface area contributed by atoms with Crippen molar-refractivity contribution >= 4 is 5.97 Å². The van der Waals surface area contributed by atoms with Gasteiger partial charge in [0.25, 0.3) is 0 Å². The van der Waals surface area contributed by atoms with Crippen molar-refractivity contribution in [2.24, 2.45) is 0 Å². The molecule has 0 heterocycles. The monoisotopic (exact) mass is 248 g/mol. The maximum absolute atomic E-state index is 11.9. The number of carbonyl (C=O) groups is 1. The minimum Gasteiger partial charge on any atom is -0.459 e. The minimum absolute atomic E-state index is 0.123. The van der Waals surface area contributed by atoms with E-state index in [0.717, 1.165) is 31.2 Å². The van der Waals surface area contributed by atoms with E-state index in [1.807, 2.05) is 37.3 Å². The van der Waals surface area contributed by atoms with Crippen molar-refractivity contribution < 1.29 is 9.53 Å². The quantitative estimate of drug-likeness (QED) is 0.678. The first-order valence-electron chi connectivity index (χ1n) is 6.85. The zero-order chi connectivity index (χ0) is 13.4. The maximum Gasteiger partial charge on any atom is 0.310 e. The minimum atomic E-state index is -0.304. The van der Waals surface area contributed by atoms with Crippen molar-refractivity contribution in [1.29, 1.82) is 0 Å². The van der Waals surface area contributed by atoms with Crippen LogP contribution < -0.4 is 0 Å². The summed E-state index contributed by atoms with van der Waals surface area (Å²) in [5.41, 5.74) is 0.707. The highest BCUT2D eigenvalue weighted by atomic mass is 16.6. The second-order valence-corrected chi connectivity index (χ2v) is 5.04. The topological polar surface area (TPSA) is 26.3 Å². The number of rotatable bonds is 7. The predicted molar refractivity (Wildman–Crippen MR) is 74.5 cm³/mol. The van der Waals surface area contributed by atoms with E-state index in [1.165, 1.54) is 0 Å². The van der Waals surface area contributed by atoms with Gasteiger partial charge in [0.1, 0.15) is 5.60 Å². The number of benzene rings is 1. The van der Waals surface area contributed by atoms with Crippen LogP contribution in [0.2, 0.25) is 0 Å². The van der Waals surface area contributed by atoms with Crippen molar-refractivity contribution in [1.82, 2.24) is 0 Å². The summed E-state index contributed by atoms with van der Waals surface area (Å²) in [4.78, 5) is 11.9. The first kappa shape index (κ1) is 14.7. The first-order chi connectivity index (χ1) is 8.59. The third-order valence-corrected chi connectivity index (χ3v) is 3.36. The second kappa shape index (κ2) is 7.20. The largest absolute Gasteiger partial charge is 0.459 e. The normalized spacial score (nSPS) is 13.9. The number of esters is 1. The Morgan fingerprint density at radius 3 is 2.44 bits per heavy atom. The van der Waals surface area contributed by atoms with E-state index in [9.17, 15) is 4.79 Å². The molecule has 2 heteroatoms. The molecule has 18 heavy (non-hydrogen) atoms. The van der Waals surface area contributed by atoms with Crippen molar-refractivity contribution in [2.45, 2.75) is 58.5 Å². The van der Waals surface area contributed by atoms with Crippen LogP contribution in [0.25, 0.3) is 0 Å². The molecule has 0 aliphatic rings. The molecule has 1 rings (SSSR count). The van der Waals surface area contributed by atoms with Crippen LogP contribution in [0.15, 0.2) is 30.3 Å². The molecule has 0 spiro atoms. The lowest BCUT2D eigenvalue weighted by Gasteiger charge is -2.28. The highest BCUT2D eigenvalue weighted by Gasteiger charge is 2.25. The molecule has 1 unspecified atom stereocenters. The zero-order valence-corrected chi connectivity index (χ0v) is 11.7. The Labute approximate surface area is 110 Å². The second-order valence-electron chi connectivity index (χ2n) is 5.04. The van der Waals surface area contributed by atoms with Gasteiger partial charge in [-0.3, -0.25) is 4.79 Å². The standard InChI is InChI=1S/C16H24O2/c1-4-6-12-16(3,5-2)18-15(17)13-14-10-8-7-9-11-14/h7-11H,4-6,12-13H2,1-3H3. The number of ether oxygens (including phenoxy) is 1. The Morgan fingerprint density at radius 1 is 1.22 bits per heavy atom. The third kappa shape index (κ3) is 4.91. The molecule has 0 saturated carbocycles. The van der Waals surface area contributed by atoms with Gasteiger partial charge in [-0.15, -0.1) is 0 Å². The van der Waals surface area contributed by atoms with Crippen LogP contribution in [0.4, 0.5) is 0 Å². The highest BCUT2D eigenvalue weighted by molar-refractivity contribution is 5.73. The fraction of sp³-hybridized carbons (Fsp3) is 0.562. The Morgan fingerprint density at radius 2 is 1.89 bits per heavy atom. The number of hydrogen-bond acceptors (Lipinski definition) is 2. The highest BCUT2D eigenvalue weighted by Crippen LogP contribution is 2.23. The van der Waals surface area contributed by atoms with Crippen LogP contribution in [-0.4, -0.2) is 11.6 Å². The van der Waals surface area contributed by atoms with Crippen molar-refractivity contribution in [2.75, 3.05) is 0 Å². The Hall–Kier alpha value is -1.31. The van der Waals surface area contributed by atoms with Gasteiger partial charge in [-0.05, 0) is 31.7 Å². The molecule has 0 aromatic heterocycles. The summed E-state index contributed by atoms with van der Waals surface area (Å²) in [7, 11) is 0. The van der Waals surface area contributed by atoms with E-state index in [4.69, 9.17) is 4.74 Å². The average molecular weight is 248 g/mol. The average Bonchev–Trinajstić information content (AvgIpc) is 2.37. The van der Waals surface area contributed by atoms with Gasteiger partial charge in [0.15, 0.2) is 0 Å². The van der Waals surface area contributed by atoms with Crippen LogP contribution in [0.1, 0.15) is 52.0 Å².